The Morgan fingerprint density at radius 1 is 0.875 bits per heavy atom. The highest BCUT2D eigenvalue weighted by Crippen LogP contribution is 2.49. The van der Waals surface area contributed by atoms with Crippen LogP contribution in [-0.2, 0) is 0 Å². The van der Waals surface area contributed by atoms with Crippen molar-refractivity contribution in [2.24, 2.45) is 5.92 Å². The minimum atomic E-state index is -1.30. The fraction of sp³-hybridized carbons (Fsp3) is 0.636. The number of rotatable bonds is 4. The van der Waals surface area contributed by atoms with Crippen molar-refractivity contribution in [1.29, 1.82) is 0 Å². The molecule has 0 N–H and O–H groups in total. The van der Waals surface area contributed by atoms with Crippen LogP contribution in [0.4, 0.5) is 0 Å². The van der Waals surface area contributed by atoms with Gasteiger partial charge in [-0.05, 0) is 47.4 Å². The Kier molecular flexibility index (Phi) is 5.01. The van der Waals surface area contributed by atoms with E-state index in [2.05, 4.69) is 63.6 Å². The van der Waals surface area contributed by atoms with Gasteiger partial charge in [0.1, 0.15) is 0 Å². The standard InChI is InChI=1S/C22H36Si2/c1-23(2,3)20-15-16-21(24(4,5)6)22(20)19-14-10-13-18(19)17-11-8-7-9-12-17/h10,13,15-17,20H,7-9,11-12,14H2,1-6H3. The molecule has 0 aromatic carbocycles. The highest BCUT2D eigenvalue weighted by atomic mass is 28.3. The van der Waals surface area contributed by atoms with Crippen LogP contribution < -0.4 is 0 Å². The van der Waals surface area contributed by atoms with Crippen LogP contribution in [0.15, 0.2) is 46.2 Å². The van der Waals surface area contributed by atoms with Crippen molar-refractivity contribution < 1.29 is 0 Å². The molecule has 0 radical (unpaired) electrons. The summed E-state index contributed by atoms with van der Waals surface area (Å²) >= 11 is 0. The molecule has 3 aliphatic rings. The number of hydrogen-bond donors (Lipinski definition) is 0. The Morgan fingerprint density at radius 3 is 2.12 bits per heavy atom. The fourth-order valence-electron chi connectivity index (χ4n) is 4.86. The van der Waals surface area contributed by atoms with Crippen molar-refractivity contribution >= 4 is 16.1 Å². The molecule has 0 nitrogen and oxygen atoms in total. The molecule has 3 aliphatic carbocycles. The lowest BCUT2D eigenvalue weighted by Gasteiger charge is -2.32. The summed E-state index contributed by atoms with van der Waals surface area (Å²) in [5.41, 5.74) is 6.00. The first kappa shape index (κ1) is 18.2. The zero-order valence-electron chi connectivity index (χ0n) is 16.7. The quantitative estimate of drug-likeness (QED) is 0.464. The summed E-state index contributed by atoms with van der Waals surface area (Å²) in [6, 6.07) is 0. The highest BCUT2D eigenvalue weighted by molar-refractivity contribution is 6.85. The van der Waals surface area contributed by atoms with E-state index >= 15 is 0 Å². The lowest BCUT2D eigenvalue weighted by atomic mass is 9.81. The first-order chi connectivity index (χ1) is 11.2. The van der Waals surface area contributed by atoms with Gasteiger partial charge in [0.2, 0.25) is 0 Å². The van der Waals surface area contributed by atoms with E-state index in [0.717, 1.165) is 11.5 Å². The largest absolute Gasteiger partial charge is 0.0798 e. The molecule has 0 saturated heterocycles. The zero-order valence-corrected chi connectivity index (χ0v) is 18.7. The summed E-state index contributed by atoms with van der Waals surface area (Å²) in [5, 5.41) is 1.75. The van der Waals surface area contributed by atoms with E-state index in [4.69, 9.17) is 0 Å². The Hall–Kier alpha value is -0.606. The van der Waals surface area contributed by atoms with E-state index in [1.54, 1.807) is 21.9 Å². The van der Waals surface area contributed by atoms with Crippen LogP contribution in [0.5, 0.6) is 0 Å². The summed E-state index contributed by atoms with van der Waals surface area (Å²) in [6.45, 7) is 15.3. The third-order valence-corrected chi connectivity index (χ3v) is 10.5. The van der Waals surface area contributed by atoms with Crippen LogP contribution in [0.25, 0.3) is 0 Å². The molecule has 0 aromatic rings. The van der Waals surface area contributed by atoms with Gasteiger partial charge in [0.05, 0.1) is 16.1 Å². The van der Waals surface area contributed by atoms with Gasteiger partial charge in [0.15, 0.2) is 0 Å². The molecule has 1 unspecified atom stereocenters. The summed E-state index contributed by atoms with van der Waals surface area (Å²) in [6.07, 6.45) is 18.4. The lowest BCUT2D eigenvalue weighted by Crippen LogP contribution is -2.30. The number of allylic oxidation sites excluding steroid dienone is 8. The topological polar surface area (TPSA) is 0 Å². The molecule has 1 atom stereocenters. The van der Waals surface area contributed by atoms with Crippen LogP contribution in [-0.4, -0.2) is 16.1 Å². The van der Waals surface area contributed by atoms with Gasteiger partial charge in [-0.15, -0.1) is 0 Å². The van der Waals surface area contributed by atoms with Crippen molar-refractivity contribution in [3.8, 4) is 0 Å². The summed E-state index contributed by atoms with van der Waals surface area (Å²) in [4.78, 5) is 0. The van der Waals surface area contributed by atoms with Gasteiger partial charge in [0, 0.05) is 0 Å². The Morgan fingerprint density at radius 2 is 1.54 bits per heavy atom. The van der Waals surface area contributed by atoms with Crippen LogP contribution >= 0.6 is 0 Å². The molecule has 132 valence electrons. The average Bonchev–Trinajstić information content (AvgIpc) is 3.13. The maximum absolute atomic E-state index is 2.58. The molecule has 0 aromatic heterocycles. The van der Waals surface area contributed by atoms with Gasteiger partial charge in [-0.3, -0.25) is 0 Å². The Balaban J connectivity index is 2.08. The summed E-state index contributed by atoms with van der Waals surface area (Å²) in [5.74, 6) is 0.839. The van der Waals surface area contributed by atoms with Gasteiger partial charge in [-0.1, -0.05) is 88.0 Å². The smallest absolute Gasteiger partial charge is 0.0779 e. The normalized spacial score (nSPS) is 26.2. The van der Waals surface area contributed by atoms with E-state index in [9.17, 15) is 0 Å². The molecule has 0 heterocycles. The minimum Gasteiger partial charge on any atom is -0.0798 e. The third-order valence-electron chi connectivity index (χ3n) is 6.14. The van der Waals surface area contributed by atoms with Crippen molar-refractivity contribution in [3.05, 3.63) is 46.2 Å². The van der Waals surface area contributed by atoms with Gasteiger partial charge < -0.3 is 0 Å². The zero-order chi connectivity index (χ0) is 17.5. The van der Waals surface area contributed by atoms with E-state index in [0.29, 0.717) is 0 Å². The predicted molar refractivity (Wildman–Crippen MR) is 114 cm³/mol. The molecule has 0 spiro atoms. The molecule has 0 amide bonds. The summed E-state index contributed by atoms with van der Waals surface area (Å²) in [7, 11) is -2.54. The van der Waals surface area contributed by atoms with Gasteiger partial charge in [0.25, 0.3) is 0 Å². The van der Waals surface area contributed by atoms with Crippen LogP contribution in [0.3, 0.4) is 0 Å². The summed E-state index contributed by atoms with van der Waals surface area (Å²) < 4.78 is 0. The molecule has 0 aliphatic heterocycles. The molecular formula is C22H36Si2. The molecule has 1 saturated carbocycles. The second-order valence-electron chi connectivity index (χ2n) is 10.2. The van der Waals surface area contributed by atoms with E-state index in [1.807, 2.05) is 0 Å². The monoisotopic (exact) mass is 356 g/mol. The molecule has 2 heteroatoms. The van der Waals surface area contributed by atoms with Crippen molar-refractivity contribution in [3.63, 3.8) is 0 Å². The molecule has 3 rings (SSSR count). The second-order valence-corrected chi connectivity index (χ2v) is 20.5. The molecule has 0 bridgehead atoms. The van der Waals surface area contributed by atoms with Gasteiger partial charge in [-0.2, -0.15) is 0 Å². The fourth-order valence-corrected chi connectivity index (χ4v) is 8.58. The molecule has 24 heavy (non-hydrogen) atoms. The van der Waals surface area contributed by atoms with Gasteiger partial charge in [-0.25, -0.2) is 0 Å². The maximum atomic E-state index is 2.58. The second kappa shape index (κ2) is 6.60. The number of hydrogen-bond acceptors (Lipinski definition) is 0. The van der Waals surface area contributed by atoms with E-state index in [1.165, 1.54) is 38.5 Å². The van der Waals surface area contributed by atoms with Crippen LogP contribution in [0, 0.1) is 5.92 Å². The van der Waals surface area contributed by atoms with Crippen LogP contribution in [0.2, 0.25) is 44.8 Å². The van der Waals surface area contributed by atoms with Crippen molar-refractivity contribution in [1.82, 2.24) is 0 Å². The Bertz CT molecular complexity index is 611. The first-order valence-corrected chi connectivity index (χ1v) is 17.1. The van der Waals surface area contributed by atoms with E-state index in [-0.39, 0.29) is 0 Å². The lowest BCUT2D eigenvalue weighted by molar-refractivity contribution is 0.407. The first-order valence-electron chi connectivity index (χ1n) is 10.0. The van der Waals surface area contributed by atoms with Gasteiger partial charge >= 0.3 is 0 Å². The average molecular weight is 357 g/mol. The predicted octanol–water partition coefficient (Wildman–Crippen LogP) is 7.28. The Labute approximate surface area is 151 Å². The van der Waals surface area contributed by atoms with Crippen molar-refractivity contribution in [2.75, 3.05) is 0 Å². The van der Waals surface area contributed by atoms with E-state index < -0.39 is 16.1 Å². The minimum absolute atomic E-state index is 0.729. The SMILES string of the molecule is C[Si](C)(C)C1=C(C2=C(C3CCCCC3)C=CC2)C([Si](C)(C)C)C=C1. The molecular weight excluding hydrogens is 320 g/mol. The third kappa shape index (κ3) is 3.50. The maximum Gasteiger partial charge on any atom is 0.0779 e. The van der Waals surface area contributed by atoms with Crippen molar-refractivity contribution in [2.45, 2.75) is 83.3 Å². The highest BCUT2D eigenvalue weighted by Gasteiger charge is 2.38. The molecule has 1 fully saturated rings. The van der Waals surface area contributed by atoms with Crippen LogP contribution in [0.1, 0.15) is 38.5 Å².